The van der Waals surface area contributed by atoms with Gasteiger partial charge in [-0.15, -0.1) is 0 Å². The van der Waals surface area contributed by atoms with Crippen LogP contribution in [0.3, 0.4) is 0 Å². The fourth-order valence-electron chi connectivity index (χ4n) is 3.07. The van der Waals surface area contributed by atoms with E-state index in [4.69, 9.17) is 9.97 Å². The van der Waals surface area contributed by atoms with Crippen molar-refractivity contribution >= 4 is 17.0 Å². The number of hydrogen-bond acceptors (Lipinski definition) is 6. The summed E-state index contributed by atoms with van der Waals surface area (Å²) in [7, 11) is 1.87. The minimum Gasteiger partial charge on any atom is -0.508 e. The Labute approximate surface area is 162 Å². The first-order valence-corrected chi connectivity index (χ1v) is 9.26. The van der Waals surface area contributed by atoms with Gasteiger partial charge in [0.2, 0.25) is 0 Å². The van der Waals surface area contributed by atoms with E-state index in [1.54, 1.807) is 23.0 Å². The molecule has 0 aliphatic heterocycles. The van der Waals surface area contributed by atoms with E-state index in [-0.39, 0.29) is 11.8 Å². The van der Waals surface area contributed by atoms with Gasteiger partial charge in [-0.3, -0.25) is 4.68 Å². The third kappa shape index (κ3) is 3.53. The monoisotopic (exact) mass is 377 g/mol. The van der Waals surface area contributed by atoms with Crippen LogP contribution in [0.15, 0.2) is 43.0 Å². The van der Waals surface area contributed by atoms with Gasteiger partial charge in [0.05, 0.1) is 18.1 Å². The summed E-state index contributed by atoms with van der Waals surface area (Å²) in [4.78, 5) is 14.0. The molecule has 8 heteroatoms. The van der Waals surface area contributed by atoms with Gasteiger partial charge in [0.1, 0.15) is 11.3 Å². The molecule has 4 rings (SSSR count). The van der Waals surface area contributed by atoms with E-state index in [1.807, 2.05) is 36.3 Å². The van der Waals surface area contributed by atoms with Gasteiger partial charge >= 0.3 is 0 Å². The van der Waals surface area contributed by atoms with Crippen molar-refractivity contribution in [2.75, 3.05) is 11.9 Å². The van der Waals surface area contributed by atoms with Gasteiger partial charge in [-0.05, 0) is 38.0 Å². The number of nitrogens with one attached hydrogen (secondary N) is 1. The lowest BCUT2D eigenvalue weighted by atomic mass is 10.1. The van der Waals surface area contributed by atoms with Gasteiger partial charge < -0.3 is 15.0 Å². The third-order valence-corrected chi connectivity index (χ3v) is 4.58. The minimum absolute atomic E-state index is 0.242. The maximum Gasteiger partial charge on any atom is 0.167 e. The van der Waals surface area contributed by atoms with Crippen molar-refractivity contribution < 1.29 is 5.11 Å². The van der Waals surface area contributed by atoms with E-state index < -0.39 is 0 Å². The van der Waals surface area contributed by atoms with Crippen molar-refractivity contribution in [3.8, 4) is 17.1 Å². The standard InChI is InChI=1S/C20H23N7O/c1-13(2)27-12-22-17-19(21-9-8-14-4-6-16(28)7-5-14)24-18(25-20(17)27)15-10-23-26(3)11-15/h4-7,10-13,28H,8-9H2,1-3H3,(H,21,24,25). The zero-order chi connectivity index (χ0) is 19.7. The van der Waals surface area contributed by atoms with Crippen LogP contribution in [0.1, 0.15) is 25.5 Å². The highest BCUT2D eigenvalue weighted by molar-refractivity contribution is 5.85. The topological polar surface area (TPSA) is 93.7 Å². The number of nitrogens with zero attached hydrogens (tertiary/aromatic N) is 6. The highest BCUT2D eigenvalue weighted by Crippen LogP contribution is 2.25. The zero-order valence-corrected chi connectivity index (χ0v) is 16.2. The molecule has 0 bridgehead atoms. The molecule has 0 radical (unpaired) electrons. The van der Waals surface area contributed by atoms with Gasteiger partial charge in [-0.25, -0.2) is 15.0 Å². The molecule has 28 heavy (non-hydrogen) atoms. The van der Waals surface area contributed by atoms with Crippen molar-refractivity contribution in [2.24, 2.45) is 7.05 Å². The molecule has 0 aliphatic carbocycles. The molecule has 144 valence electrons. The fraction of sp³-hybridized carbons (Fsp3) is 0.300. The number of benzene rings is 1. The maximum atomic E-state index is 9.42. The van der Waals surface area contributed by atoms with Gasteiger partial charge in [0.25, 0.3) is 0 Å². The largest absolute Gasteiger partial charge is 0.508 e. The van der Waals surface area contributed by atoms with Gasteiger partial charge in [-0.2, -0.15) is 5.10 Å². The second-order valence-electron chi connectivity index (χ2n) is 7.06. The highest BCUT2D eigenvalue weighted by atomic mass is 16.3. The molecule has 0 atom stereocenters. The van der Waals surface area contributed by atoms with Crippen molar-refractivity contribution in [3.05, 3.63) is 48.5 Å². The molecule has 0 fully saturated rings. The lowest BCUT2D eigenvalue weighted by Crippen LogP contribution is -2.09. The van der Waals surface area contributed by atoms with Crippen LogP contribution in [0.4, 0.5) is 5.82 Å². The molecule has 3 aromatic heterocycles. The first kappa shape index (κ1) is 18.0. The van der Waals surface area contributed by atoms with Crippen LogP contribution in [0, 0.1) is 0 Å². The summed E-state index contributed by atoms with van der Waals surface area (Å²) in [6, 6.07) is 7.47. The van der Waals surface area contributed by atoms with Crippen molar-refractivity contribution in [2.45, 2.75) is 26.3 Å². The van der Waals surface area contributed by atoms with Crippen LogP contribution in [-0.4, -0.2) is 41.0 Å². The van der Waals surface area contributed by atoms with E-state index in [0.29, 0.717) is 18.2 Å². The SMILES string of the molecule is CC(C)n1cnc2c(NCCc3ccc(O)cc3)nc(-c3cnn(C)c3)nc21. The Morgan fingerprint density at radius 1 is 1.14 bits per heavy atom. The second-order valence-corrected chi connectivity index (χ2v) is 7.06. The number of aryl methyl sites for hydroxylation is 1. The van der Waals surface area contributed by atoms with Crippen molar-refractivity contribution in [3.63, 3.8) is 0 Å². The molecule has 1 aromatic carbocycles. The Balaban J connectivity index is 1.66. The Morgan fingerprint density at radius 3 is 2.61 bits per heavy atom. The maximum absolute atomic E-state index is 9.42. The average molecular weight is 377 g/mol. The Morgan fingerprint density at radius 2 is 1.93 bits per heavy atom. The summed E-state index contributed by atoms with van der Waals surface area (Å²) in [5, 5.41) is 17.0. The minimum atomic E-state index is 0.242. The van der Waals surface area contributed by atoms with Crippen LogP contribution in [0.5, 0.6) is 5.75 Å². The predicted octanol–water partition coefficient (Wildman–Crippen LogP) is 3.17. The predicted molar refractivity (Wildman–Crippen MR) is 108 cm³/mol. The summed E-state index contributed by atoms with van der Waals surface area (Å²) in [5.74, 6) is 1.60. The molecule has 0 spiro atoms. The first-order valence-electron chi connectivity index (χ1n) is 9.26. The number of fused-ring (bicyclic) bond motifs is 1. The van der Waals surface area contributed by atoms with Crippen molar-refractivity contribution in [1.82, 2.24) is 29.3 Å². The molecule has 4 aromatic rings. The van der Waals surface area contributed by atoms with E-state index in [9.17, 15) is 5.11 Å². The normalized spacial score (nSPS) is 11.4. The number of aromatic nitrogens is 6. The Kier molecular flexibility index (Phi) is 4.68. The van der Waals surface area contributed by atoms with Crippen LogP contribution in [0.25, 0.3) is 22.6 Å². The van der Waals surface area contributed by atoms with E-state index in [2.05, 4.69) is 29.2 Å². The molecular formula is C20H23N7O. The number of phenols is 1. The number of rotatable bonds is 6. The summed E-state index contributed by atoms with van der Waals surface area (Å²) in [6.45, 7) is 4.90. The number of phenolic OH excluding ortho intramolecular Hbond substituents is 1. The quantitative estimate of drug-likeness (QED) is 0.536. The number of imidazole rings is 1. The molecule has 0 unspecified atom stereocenters. The molecule has 0 saturated carbocycles. The number of anilines is 1. The van der Waals surface area contributed by atoms with Crippen LogP contribution in [0.2, 0.25) is 0 Å². The fourth-order valence-corrected chi connectivity index (χ4v) is 3.07. The van der Waals surface area contributed by atoms with Crippen LogP contribution >= 0.6 is 0 Å². The molecule has 0 aliphatic rings. The number of aromatic hydroxyl groups is 1. The van der Waals surface area contributed by atoms with Crippen LogP contribution in [-0.2, 0) is 13.5 Å². The van der Waals surface area contributed by atoms with Crippen molar-refractivity contribution in [1.29, 1.82) is 0 Å². The summed E-state index contributed by atoms with van der Waals surface area (Å²) < 4.78 is 3.78. The van der Waals surface area contributed by atoms with E-state index in [0.717, 1.165) is 28.7 Å². The van der Waals surface area contributed by atoms with Gasteiger partial charge in [0.15, 0.2) is 17.3 Å². The molecular weight excluding hydrogens is 354 g/mol. The van der Waals surface area contributed by atoms with E-state index in [1.165, 1.54) is 0 Å². The third-order valence-electron chi connectivity index (χ3n) is 4.58. The summed E-state index contributed by atoms with van der Waals surface area (Å²) in [6.07, 6.45) is 6.27. The Bertz CT molecular complexity index is 1100. The lowest BCUT2D eigenvalue weighted by Gasteiger charge is -2.11. The van der Waals surface area contributed by atoms with E-state index >= 15 is 0 Å². The Hall–Kier alpha value is -3.42. The number of hydrogen-bond donors (Lipinski definition) is 2. The molecule has 0 saturated heterocycles. The second kappa shape index (κ2) is 7.30. The molecule has 8 nitrogen and oxygen atoms in total. The lowest BCUT2D eigenvalue weighted by molar-refractivity contribution is 0.475. The molecule has 2 N–H and O–H groups in total. The zero-order valence-electron chi connectivity index (χ0n) is 16.2. The van der Waals surface area contributed by atoms with Gasteiger partial charge in [0, 0.05) is 25.8 Å². The summed E-state index contributed by atoms with van der Waals surface area (Å²) >= 11 is 0. The summed E-state index contributed by atoms with van der Waals surface area (Å²) in [5.41, 5.74) is 3.56. The van der Waals surface area contributed by atoms with Crippen LogP contribution < -0.4 is 5.32 Å². The first-order chi connectivity index (χ1) is 13.5. The average Bonchev–Trinajstić information content (AvgIpc) is 3.29. The smallest absolute Gasteiger partial charge is 0.167 e. The molecule has 3 heterocycles. The molecule has 0 amide bonds. The highest BCUT2D eigenvalue weighted by Gasteiger charge is 2.16. The van der Waals surface area contributed by atoms with Gasteiger partial charge in [-0.1, -0.05) is 12.1 Å².